The van der Waals surface area contributed by atoms with Gasteiger partial charge in [0.1, 0.15) is 17.9 Å². The van der Waals surface area contributed by atoms with Gasteiger partial charge in [0.25, 0.3) is 6.64 Å². The number of ether oxygens (including phenoxy) is 2. The molecule has 0 aliphatic carbocycles. The number of aromatic nitrogens is 4. The quantitative estimate of drug-likeness (QED) is 0.148. The van der Waals surface area contributed by atoms with Crippen molar-refractivity contribution in [3.05, 3.63) is 12.7 Å². The Balaban J connectivity index is 1.69. The van der Waals surface area contributed by atoms with E-state index in [0.717, 1.165) is 11.8 Å². The lowest BCUT2D eigenvalue weighted by Gasteiger charge is -2.27. The van der Waals surface area contributed by atoms with E-state index in [-0.39, 0.29) is 47.8 Å². The van der Waals surface area contributed by atoms with Crippen molar-refractivity contribution in [2.75, 3.05) is 24.7 Å². The number of carbonyl (C=O) groups excluding carboxylic acids is 2. The molecule has 0 amide bonds. The standard InChI is InChI=1S/C23H35ClFN6O6PS2/c1-13(2)36-19(32)14(3)30-38(39,34-7-8-40-21(33)22(4,5)6)35-10-15-9-23(24,25)20(37-15)31-12-29-16-17(26)27-11-28-18(16)31/h11-15,20H,7-10H2,1-6H3,(H,30,39)(H2,26,27,28). The molecule has 5 atom stereocenters. The molecule has 17 heteroatoms. The first-order valence-corrected chi connectivity index (χ1v) is 16.5. The average Bonchev–Trinajstić information content (AvgIpc) is 3.40. The molecular weight excluding hydrogens is 606 g/mol. The van der Waals surface area contributed by atoms with Crippen LogP contribution in [0, 0.1) is 5.41 Å². The predicted octanol–water partition coefficient (Wildman–Crippen LogP) is 4.09. The number of nitrogens with one attached hydrogen (secondary N) is 1. The van der Waals surface area contributed by atoms with Gasteiger partial charge in [0.15, 0.2) is 22.8 Å². The number of carbonyl (C=O) groups is 2. The maximum absolute atomic E-state index is 15.5. The van der Waals surface area contributed by atoms with E-state index in [9.17, 15) is 9.59 Å². The Morgan fingerprint density at radius 3 is 2.70 bits per heavy atom. The van der Waals surface area contributed by atoms with Crippen molar-refractivity contribution in [3.8, 4) is 0 Å². The van der Waals surface area contributed by atoms with Gasteiger partial charge in [-0.3, -0.25) is 14.2 Å². The average molecular weight is 641 g/mol. The molecule has 2 aromatic rings. The summed E-state index contributed by atoms with van der Waals surface area (Å²) in [6, 6.07) is -0.856. The van der Waals surface area contributed by atoms with E-state index in [4.69, 9.17) is 47.7 Å². The lowest BCUT2D eigenvalue weighted by molar-refractivity contribution is -0.149. The molecular formula is C23H35ClFN6O6PS2. The first-order valence-electron chi connectivity index (χ1n) is 12.5. The van der Waals surface area contributed by atoms with E-state index < -0.39 is 41.5 Å². The Morgan fingerprint density at radius 1 is 1.35 bits per heavy atom. The maximum atomic E-state index is 15.5. The fraction of sp³-hybridized carbons (Fsp3) is 0.696. The zero-order valence-corrected chi connectivity index (χ0v) is 26.4. The number of alkyl halides is 2. The van der Waals surface area contributed by atoms with Crippen molar-refractivity contribution in [3.63, 3.8) is 0 Å². The van der Waals surface area contributed by atoms with Crippen molar-refractivity contribution in [2.24, 2.45) is 5.41 Å². The van der Waals surface area contributed by atoms with Crippen molar-refractivity contribution < 1.29 is 32.5 Å². The minimum atomic E-state index is -3.34. The van der Waals surface area contributed by atoms with E-state index in [1.807, 2.05) is 20.8 Å². The number of hydrogen-bond acceptors (Lipinski definition) is 12. The molecule has 3 rings (SSSR count). The molecule has 1 saturated heterocycles. The third-order valence-corrected chi connectivity index (χ3v) is 9.75. The lowest BCUT2D eigenvalue weighted by atomic mass is 10.00. The third-order valence-electron chi connectivity index (χ3n) is 5.50. The first kappa shape index (κ1) is 33.1. The number of esters is 1. The van der Waals surface area contributed by atoms with Crippen molar-refractivity contribution in [1.29, 1.82) is 0 Å². The number of rotatable bonds is 12. The van der Waals surface area contributed by atoms with E-state index in [2.05, 4.69) is 20.0 Å². The second kappa shape index (κ2) is 13.2. The minimum Gasteiger partial charge on any atom is -0.462 e. The number of imidazole rings is 1. The van der Waals surface area contributed by atoms with Crippen LogP contribution in [0.3, 0.4) is 0 Å². The molecule has 1 aliphatic rings. The van der Waals surface area contributed by atoms with Gasteiger partial charge in [-0.1, -0.05) is 44.1 Å². The Morgan fingerprint density at radius 2 is 2.05 bits per heavy atom. The fourth-order valence-electron chi connectivity index (χ4n) is 3.57. The minimum absolute atomic E-state index is 0.00185. The molecule has 1 aliphatic heterocycles. The van der Waals surface area contributed by atoms with Crippen LogP contribution in [0.2, 0.25) is 0 Å². The highest BCUT2D eigenvalue weighted by atomic mass is 35.5. The van der Waals surface area contributed by atoms with Gasteiger partial charge in [-0.15, -0.1) is 0 Å². The molecule has 0 bridgehead atoms. The van der Waals surface area contributed by atoms with Crippen LogP contribution in [-0.4, -0.2) is 72.9 Å². The SMILES string of the molecule is CC(C)OC(=O)C(C)NP(=S)(OCCSC(=O)C(C)(C)C)OCC1CC(F)(Cl)C(n2cnc3c(N)ncnc32)O1. The van der Waals surface area contributed by atoms with Crippen LogP contribution in [0.1, 0.15) is 54.2 Å². The highest BCUT2D eigenvalue weighted by molar-refractivity contribution is 8.13. The molecule has 3 heterocycles. The van der Waals surface area contributed by atoms with Gasteiger partial charge in [0.05, 0.1) is 31.7 Å². The summed E-state index contributed by atoms with van der Waals surface area (Å²) >= 11 is 13.0. The first-order chi connectivity index (χ1) is 18.5. The summed E-state index contributed by atoms with van der Waals surface area (Å²) in [5.41, 5.74) is 5.88. The Hall–Kier alpha value is -1.45. The van der Waals surface area contributed by atoms with Crippen LogP contribution in [0.4, 0.5) is 10.2 Å². The summed E-state index contributed by atoms with van der Waals surface area (Å²) in [4.78, 5) is 36.8. The number of nitrogens with two attached hydrogens (primary N) is 1. The monoisotopic (exact) mass is 640 g/mol. The fourth-order valence-corrected chi connectivity index (χ4v) is 7.18. The van der Waals surface area contributed by atoms with Crippen molar-refractivity contribution >= 4 is 69.9 Å². The number of anilines is 1. The van der Waals surface area contributed by atoms with Crippen molar-refractivity contribution in [2.45, 2.75) is 77.6 Å². The summed E-state index contributed by atoms with van der Waals surface area (Å²) in [6.07, 6.45) is -0.123. The summed E-state index contributed by atoms with van der Waals surface area (Å²) in [7, 11) is 0. The summed E-state index contributed by atoms with van der Waals surface area (Å²) in [6.45, 7) is 7.04. The molecule has 0 aromatic carbocycles. The number of thioether (sulfide) groups is 1. The van der Waals surface area contributed by atoms with E-state index in [1.165, 1.54) is 17.2 Å². The lowest BCUT2D eigenvalue weighted by Crippen LogP contribution is -2.36. The predicted molar refractivity (Wildman–Crippen MR) is 155 cm³/mol. The van der Waals surface area contributed by atoms with Crippen LogP contribution in [0.25, 0.3) is 11.2 Å². The molecule has 1 fully saturated rings. The molecule has 2 aromatic heterocycles. The molecule has 3 N–H and O–H groups in total. The van der Waals surface area contributed by atoms with Gasteiger partial charge in [0, 0.05) is 17.6 Å². The molecule has 12 nitrogen and oxygen atoms in total. The number of nitrogens with zero attached hydrogens (tertiary/aromatic N) is 4. The van der Waals surface area contributed by atoms with Crippen LogP contribution < -0.4 is 10.8 Å². The van der Waals surface area contributed by atoms with Crippen LogP contribution in [-0.2, 0) is 39.9 Å². The second-order valence-electron chi connectivity index (χ2n) is 10.5. The zero-order chi connectivity index (χ0) is 29.9. The molecule has 40 heavy (non-hydrogen) atoms. The van der Waals surface area contributed by atoms with Crippen molar-refractivity contribution in [1.82, 2.24) is 24.6 Å². The van der Waals surface area contributed by atoms with Gasteiger partial charge in [-0.2, -0.15) is 0 Å². The maximum Gasteiger partial charge on any atom is 0.323 e. The van der Waals surface area contributed by atoms with Crippen LogP contribution in [0.15, 0.2) is 12.7 Å². The largest absolute Gasteiger partial charge is 0.462 e. The van der Waals surface area contributed by atoms with E-state index >= 15 is 4.39 Å². The van der Waals surface area contributed by atoms with Crippen LogP contribution in [0.5, 0.6) is 0 Å². The van der Waals surface area contributed by atoms with Gasteiger partial charge in [0.2, 0.25) is 5.13 Å². The smallest absolute Gasteiger partial charge is 0.323 e. The molecule has 224 valence electrons. The van der Waals surface area contributed by atoms with E-state index in [0.29, 0.717) is 5.75 Å². The number of nitrogen functional groups attached to an aromatic ring is 1. The Bertz CT molecular complexity index is 1260. The zero-order valence-electron chi connectivity index (χ0n) is 23.1. The summed E-state index contributed by atoms with van der Waals surface area (Å²) in [5, 5.41) is 0.590. The van der Waals surface area contributed by atoms with Gasteiger partial charge in [-0.05, 0) is 32.6 Å². The third kappa shape index (κ3) is 8.54. The van der Waals surface area contributed by atoms with Gasteiger partial charge < -0.3 is 24.3 Å². The number of fused-ring (bicyclic) bond motifs is 1. The second-order valence-corrected chi connectivity index (χ2v) is 15.4. The molecule has 0 spiro atoms. The highest BCUT2D eigenvalue weighted by Crippen LogP contribution is 2.49. The Labute approximate surface area is 246 Å². The highest BCUT2D eigenvalue weighted by Gasteiger charge is 2.50. The summed E-state index contributed by atoms with van der Waals surface area (Å²) in [5.74, 6) is -0.0833. The molecule has 0 radical (unpaired) electrons. The Kier molecular flexibility index (Phi) is 10.9. The number of halogens is 2. The number of hydrogen-bond donors (Lipinski definition) is 2. The van der Waals surface area contributed by atoms with E-state index in [1.54, 1.807) is 20.8 Å². The normalized spacial score (nSPS) is 23.8. The molecule has 5 unspecified atom stereocenters. The summed E-state index contributed by atoms with van der Waals surface area (Å²) < 4.78 is 39.8. The van der Waals surface area contributed by atoms with Crippen LogP contribution >= 0.6 is 30.0 Å². The topological polar surface area (TPSA) is 153 Å². The van der Waals surface area contributed by atoms with Gasteiger partial charge >= 0.3 is 5.97 Å². The van der Waals surface area contributed by atoms with Gasteiger partial charge in [-0.25, -0.2) is 24.4 Å². The molecule has 0 saturated carbocycles.